The van der Waals surface area contributed by atoms with Crippen molar-refractivity contribution >= 4 is 5.97 Å². The molecule has 0 fully saturated rings. The molecule has 0 saturated heterocycles. The number of carboxylic acid groups (broad SMARTS) is 1. The van der Waals surface area contributed by atoms with Crippen molar-refractivity contribution in [1.29, 1.82) is 0 Å². The van der Waals surface area contributed by atoms with E-state index in [2.05, 4.69) is 6.92 Å². The SMILES string of the molecule is CCCCCCCCCCCCCCN(CCN)CC(=O)O. The Labute approximate surface area is 137 Å². The molecule has 4 heteroatoms. The summed E-state index contributed by atoms with van der Waals surface area (Å²) in [4.78, 5) is 12.7. The van der Waals surface area contributed by atoms with Gasteiger partial charge in [0.25, 0.3) is 0 Å². The van der Waals surface area contributed by atoms with Gasteiger partial charge < -0.3 is 10.8 Å². The molecule has 0 amide bonds. The van der Waals surface area contributed by atoms with Crippen LogP contribution in [-0.2, 0) is 4.79 Å². The normalized spacial score (nSPS) is 11.2. The van der Waals surface area contributed by atoms with Crippen molar-refractivity contribution in [2.45, 2.75) is 84.0 Å². The van der Waals surface area contributed by atoms with Crippen LogP contribution in [0.15, 0.2) is 0 Å². The van der Waals surface area contributed by atoms with E-state index in [-0.39, 0.29) is 6.54 Å². The predicted octanol–water partition coefficient (Wildman–Crippen LogP) is 4.03. The molecule has 0 aromatic carbocycles. The highest BCUT2D eigenvalue weighted by atomic mass is 16.4. The van der Waals surface area contributed by atoms with E-state index in [1.807, 2.05) is 4.90 Å². The second-order valence-corrected chi connectivity index (χ2v) is 6.35. The summed E-state index contributed by atoms with van der Waals surface area (Å²) in [6, 6.07) is 0. The Bertz CT molecular complexity index is 247. The first-order valence-electron chi connectivity index (χ1n) is 9.35. The highest BCUT2D eigenvalue weighted by Crippen LogP contribution is 2.12. The lowest BCUT2D eigenvalue weighted by Gasteiger charge is -2.18. The van der Waals surface area contributed by atoms with Crippen LogP contribution in [0.5, 0.6) is 0 Å². The largest absolute Gasteiger partial charge is 0.480 e. The number of aliphatic carboxylic acids is 1. The van der Waals surface area contributed by atoms with Crippen molar-refractivity contribution < 1.29 is 9.90 Å². The average molecular weight is 315 g/mol. The molecule has 0 rings (SSSR count). The third-order valence-electron chi connectivity index (χ3n) is 4.13. The molecule has 0 aromatic heterocycles. The van der Waals surface area contributed by atoms with Gasteiger partial charge in [0.15, 0.2) is 0 Å². The van der Waals surface area contributed by atoms with Crippen LogP contribution >= 0.6 is 0 Å². The molecule has 0 heterocycles. The molecule has 0 aliphatic heterocycles. The molecular weight excluding hydrogens is 276 g/mol. The Morgan fingerprint density at radius 1 is 0.818 bits per heavy atom. The van der Waals surface area contributed by atoms with E-state index < -0.39 is 5.97 Å². The fourth-order valence-corrected chi connectivity index (χ4v) is 2.82. The van der Waals surface area contributed by atoms with Gasteiger partial charge in [0, 0.05) is 13.1 Å². The van der Waals surface area contributed by atoms with Crippen LogP contribution in [0.1, 0.15) is 84.0 Å². The van der Waals surface area contributed by atoms with E-state index in [4.69, 9.17) is 10.8 Å². The van der Waals surface area contributed by atoms with Crippen molar-refractivity contribution in [3.05, 3.63) is 0 Å². The summed E-state index contributed by atoms with van der Waals surface area (Å²) in [7, 11) is 0. The molecule has 132 valence electrons. The Hall–Kier alpha value is -0.610. The van der Waals surface area contributed by atoms with Crippen LogP contribution in [0.4, 0.5) is 0 Å². The first-order valence-corrected chi connectivity index (χ1v) is 9.35. The Balaban J connectivity index is 3.29. The molecule has 22 heavy (non-hydrogen) atoms. The summed E-state index contributed by atoms with van der Waals surface area (Å²) in [5.41, 5.74) is 5.51. The van der Waals surface area contributed by atoms with Gasteiger partial charge in [-0.25, -0.2) is 0 Å². The fourth-order valence-electron chi connectivity index (χ4n) is 2.82. The average Bonchev–Trinajstić information content (AvgIpc) is 2.48. The lowest BCUT2D eigenvalue weighted by Crippen LogP contribution is -2.34. The van der Waals surface area contributed by atoms with Crippen molar-refractivity contribution in [1.82, 2.24) is 4.90 Å². The maximum atomic E-state index is 10.7. The number of nitrogens with zero attached hydrogens (tertiary/aromatic N) is 1. The van der Waals surface area contributed by atoms with Crippen molar-refractivity contribution in [2.75, 3.05) is 26.2 Å². The fraction of sp³-hybridized carbons (Fsp3) is 0.944. The number of hydrogen-bond donors (Lipinski definition) is 2. The zero-order valence-corrected chi connectivity index (χ0v) is 14.7. The van der Waals surface area contributed by atoms with Gasteiger partial charge in [-0.05, 0) is 13.0 Å². The zero-order valence-electron chi connectivity index (χ0n) is 14.7. The minimum absolute atomic E-state index is 0.120. The van der Waals surface area contributed by atoms with Crippen LogP contribution in [0.3, 0.4) is 0 Å². The summed E-state index contributed by atoms with van der Waals surface area (Å²) < 4.78 is 0. The van der Waals surface area contributed by atoms with Crippen LogP contribution in [0, 0.1) is 0 Å². The van der Waals surface area contributed by atoms with Crippen LogP contribution < -0.4 is 5.73 Å². The lowest BCUT2D eigenvalue weighted by atomic mass is 10.1. The molecule has 0 aliphatic rings. The number of rotatable bonds is 17. The van der Waals surface area contributed by atoms with Crippen LogP contribution in [-0.4, -0.2) is 42.2 Å². The monoisotopic (exact) mass is 314 g/mol. The van der Waals surface area contributed by atoms with Gasteiger partial charge in [0.05, 0.1) is 6.54 Å². The topological polar surface area (TPSA) is 66.6 Å². The molecule has 0 atom stereocenters. The minimum Gasteiger partial charge on any atom is -0.480 e. The molecule has 0 radical (unpaired) electrons. The van der Waals surface area contributed by atoms with Gasteiger partial charge in [-0.1, -0.05) is 77.6 Å². The summed E-state index contributed by atoms with van der Waals surface area (Å²) in [6.45, 7) is 4.46. The van der Waals surface area contributed by atoms with Gasteiger partial charge in [0.1, 0.15) is 0 Å². The number of carbonyl (C=O) groups is 1. The molecule has 0 spiro atoms. The quantitative estimate of drug-likeness (QED) is 0.398. The standard InChI is InChI=1S/C18H38N2O2/c1-2-3-4-5-6-7-8-9-10-11-12-13-15-20(16-14-19)17-18(21)22/h2-17,19H2,1H3,(H,21,22). The van der Waals surface area contributed by atoms with Gasteiger partial charge in [-0.15, -0.1) is 0 Å². The molecule has 0 aliphatic carbocycles. The summed E-state index contributed by atoms with van der Waals surface area (Å²) in [6.07, 6.45) is 16.0. The number of hydrogen-bond acceptors (Lipinski definition) is 3. The predicted molar refractivity (Wildman–Crippen MR) is 94.2 cm³/mol. The zero-order chi connectivity index (χ0) is 16.5. The van der Waals surface area contributed by atoms with E-state index in [1.165, 1.54) is 70.6 Å². The molecule has 0 saturated carbocycles. The molecular formula is C18H38N2O2. The van der Waals surface area contributed by atoms with Crippen molar-refractivity contribution in [3.63, 3.8) is 0 Å². The van der Waals surface area contributed by atoms with Gasteiger partial charge in [0.2, 0.25) is 0 Å². The van der Waals surface area contributed by atoms with Gasteiger partial charge in [-0.3, -0.25) is 9.69 Å². The number of nitrogens with two attached hydrogens (primary N) is 1. The number of unbranched alkanes of at least 4 members (excludes halogenated alkanes) is 11. The number of carboxylic acids is 1. The van der Waals surface area contributed by atoms with E-state index in [9.17, 15) is 4.79 Å². The smallest absolute Gasteiger partial charge is 0.317 e. The van der Waals surface area contributed by atoms with Crippen molar-refractivity contribution in [2.24, 2.45) is 5.73 Å². The van der Waals surface area contributed by atoms with E-state index in [1.54, 1.807) is 0 Å². The van der Waals surface area contributed by atoms with Gasteiger partial charge in [-0.2, -0.15) is 0 Å². The highest BCUT2D eigenvalue weighted by molar-refractivity contribution is 5.69. The lowest BCUT2D eigenvalue weighted by molar-refractivity contribution is -0.138. The highest BCUT2D eigenvalue weighted by Gasteiger charge is 2.07. The molecule has 0 bridgehead atoms. The van der Waals surface area contributed by atoms with Crippen molar-refractivity contribution in [3.8, 4) is 0 Å². The molecule has 0 unspecified atom stereocenters. The molecule has 3 N–H and O–H groups in total. The first kappa shape index (κ1) is 21.4. The van der Waals surface area contributed by atoms with Gasteiger partial charge >= 0.3 is 5.97 Å². The Kier molecular flexibility index (Phi) is 16.3. The first-order chi connectivity index (χ1) is 10.7. The summed E-state index contributed by atoms with van der Waals surface area (Å²) in [5.74, 6) is -0.757. The summed E-state index contributed by atoms with van der Waals surface area (Å²) >= 11 is 0. The maximum absolute atomic E-state index is 10.7. The van der Waals surface area contributed by atoms with Crippen LogP contribution in [0.25, 0.3) is 0 Å². The summed E-state index contributed by atoms with van der Waals surface area (Å²) in [5, 5.41) is 8.82. The van der Waals surface area contributed by atoms with E-state index in [0.717, 1.165) is 13.0 Å². The third kappa shape index (κ3) is 15.8. The van der Waals surface area contributed by atoms with E-state index in [0.29, 0.717) is 13.1 Å². The second-order valence-electron chi connectivity index (χ2n) is 6.35. The minimum atomic E-state index is -0.757. The molecule has 0 aromatic rings. The van der Waals surface area contributed by atoms with E-state index >= 15 is 0 Å². The second kappa shape index (κ2) is 16.8. The third-order valence-corrected chi connectivity index (χ3v) is 4.13. The Morgan fingerprint density at radius 3 is 1.68 bits per heavy atom. The van der Waals surface area contributed by atoms with Crippen LogP contribution in [0.2, 0.25) is 0 Å². The maximum Gasteiger partial charge on any atom is 0.317 e. The molecule has 4 nitrogen and oxygen atoms in total. The Morgan fingerprint density at radius 2 is 1.27 bits per heavy atom.